The number of nitrogens with one attached hydrogen (secondary N) is 1. The molecule has 0 radical (unpaired) electrons. The van der Waals surface area contributed by atoms with Gasteiger partial charge in [0.05, 0.1) is 23.9 Å². The third-order valence-corrected chi connectivity index (χ3v) is 2.68. The Morgan fingerprint density at radius 3 is 2.88 bits per heavy atom. The molecule has 1 heterocycles. The monoisotopic (exact) mass is 252 g/mol. The summed E-state index contributed by atoms with van der Waals surface area (Å²) in [5.74, 6) is 0.775. The van der Waals surface area contributed by atoms with Gasteiger partial charge in [0, 0.05) is 6.07 Å². The smallest absolute Gasteiger partial charge is 0.133 e. The van der Waals surface area contributed by atoms with Crippen molar-refractivity contribution < 1.29 is 9.63 Å². The molecule has 90 valence electrons. The van der Waals surface area contributed by atoms with E-state index < -0.39 is 0 Å². The van der Waals surface area contributed by atoms with E-state index in [1.165, 1.54) is 0 Å². The number of benzene rings is 1. The molecule has 2 rings (SSSR count). The first-order valence-corrected chi connectivity index (χ1v) is 5.62. The Balaban J connectivity index is 2.07. The number of nitrogens with zero attached hydrogens (tertiary/aromatic N) is 1. The molecule has 0 spiro atoms. The molecular formula is C12H13ClN2O2. The number of anilines is 1. The Hall–Kier alpha value is -1.52. The number of aliphatic hydroxyl groups is 1. The van der Waals surface area contributed by atoms with E-state index in [0.717, 1.165) is 22.7 Å². The van der Waals surface area contributed by atoms with Gasteiger partial charge in [-0.2, -0.15) is 0 Å². The fourth-order valence-corrected chi connectivity index (χ4v) is 1.68. The minimum absolute atomic E-state index is 0.00504. The molecule has 0 unspecified atom stereocenters. The van der Waals surface area contributed by atoms with Gasteiger partial charge in [-0.25, -0.2) is 0 Å². The Morgan fingerprint density at radius 2 is 2.24 bits per heavy atom. The number of hydrogen-bond donors (Lipinski definition) is 2. The summed E-state index contributed by atoms with van der Waals surface area (Å²) < 4.78 is 4.97. The summed E-state index contributed by atoms with van der Waals surface area (Å²) in [6, 6.07) is 7.21. The van der Waals surface area contributed by atoms with Crippen LogP contribution >= 0.6 is 11.6 Å². The van der Waals surface area contributed by atoms with Gasteiger partial charge >= 0.3 is 0 Å². The summed E-state index contributed by atoms with van der Waals surface area (Å²) in [5, 5.41) is 16.7. The molecule has 0 fully saturated rings. The Bertz CT molecular complexity index is 511. The average molecular weight is 253 g/mol. The lowest BCUT2D eigenvalue weighted by Gasteiger charge is -2.08. The fourth-order valence-electron chi connectivity index (χ4n) is 1.49. The van der Waals surface area contributed by atoms with Crippen molar-refractivity contribution >= 4 is 17.3 Å². The normalized spacial score (nSPS) is 10.5. The molecule has 0 saturated heterocycles. The highest BCUT2D eigenvalue weighted by molar-refractivity contribution is 6.33. The van der Waals surface area contributed by atoms with E-state index in [1.807, 2.05) is 19.1 Å². The summed E-state index contributed by atoms with van der Waals surface area (Å²) in [6.45, 7) is 2.37. The number of halogens is 1. The molecule has 2 aromatic rings. The van der Waals surface area contributed by atoms with E-state index in [1.54, 1.807) is 12.1 Å². The van der Waals surface area contributed by atoms with Gasteiger partial charge in [0.2, 0.25) is 0 Å². The number of aromatic nitrogens is 1. The Labute approximate surface area is 104 Å². The van der Waals surface area contributed by atoms with E-state index in [2.05, 4.69) is 10.5 Å². The summed E-state index contributed by atoms with van der Waals surface area (Å²) in [4.78, 5) is 0. The Kier molecular flexibility index (Phi) is 3.66. The summed E-state index contributed by atoms with van der Waals surface area (Å²) in [7, 11) is 0. The van der Waals surface area contributed by atoms with Crippen molar-refractivity contribution in [3.05, 3.63) is 46.3 Å². The first-order valence-electron chi connectivity index (χ1n) is 5.24. The first kappa shape index (κ1) is 12.0. The van der Waals surface area contributed by atoms with E-state index in [4.69, 9.17) is 21.2 Å². The average Bonchev–Trinajstić information content (AvgIpc) is 2.74. The molecule has 0 amide bonds. The van der Waals surface area contributed by atoms with Gasteiger partial charge in [0.1, 0.15) is 11.5 Å². The number of hydrogen-bond acceptors (Lipinski definition) is 4. The largest absolute Gasteiger partial charge is 0.392 e. The molecule has 0 aliphatic rings. The minimum atomic E-state index is -0.00504. The number of aryl methyl sites for hydroxylation is 1. The maximum atomic E-state index is 9.04. The summed E-state index contributed by atoms with van der Waals surface area (Å²) in [5.41, 5.74) is 2.40. The van der Waals surface area contributed by atoms with Gasteiger partial charge in [0.15, 0.2) is 0 Å². The van der Waals surface area contributed by atoms with E-state index in [9.17, 15) is 0 Å². The highest BCUT2D eigenvalue weighted by atomic mass is 35.5. The SMILES string of the molecule is Cc1cc(CNc2cc(CO)ccc2Cl)no1. The zero-order chi connectivity index (χ0) is 12.3. The van der Waals surface area contributed by atoms with Crippen LogP contribution in [0, 0.1) is 6.92 Å². The standard InChI is InChI=1S/C12H13ClN2O2/c1-8-4-10(15-17-8)6-14-12-5-9(7-16)2-3-11(12)13/h2-5,14,16H,6-7H2,1H3. The Morgan fingerprint density at radius 1 is 1.41 bits per heavy atom. The second-order valence-electron chi connectivity index (χ2n) is 3.75. The van der Waals surface area contributed by atoms with Crippen LogP contribution in [0.1, 0.15) is 17.0 Å². The molecule has 0 aliphatic heterocycles. The van der Waals surface area contributed by atoms with Gasteiger partial charge in [-0.05, 0) is 24.6 Å². The van der Waals surface area contributed by atoms with E-state index in [0.29, 0.717) is 11.6 Å². The van der Waals surface area contributed by atoms with Crippen LogP contribution in [0.25, 0.3) is 0 Å². The predicted octanol–water partition coefficient (Wildman–Crippen LogP) is 2.74. The third kappa shape index (κ3) is 2.99. The van der Waals surface area contributed by atoms with Crippen molar-refractivity contribution in [2.45, 2.75) is 20.1 Å². The van der Waals surface area contributed by atoms with Gasteiger partial charge in [-0.15, -0.1) is 0 Å². The van der Waals surface area contributed by atoms with Gasteiger partial charge in [-0.1, -0.05) is 22.8 Å². The van der Waals surface area contributed by atoms with Crippen molar-refractivity contribution in [1.82, 2.24) is 5.16 Å². The lowest BCUT2D eigenvalue weighted by atomic mass is 10.2. The minimum Gasteiger partial charge on any atom is -0.392 e. The first-order chi connectivity index (χ1) is 8.19. The van der Waals surface area contributed by atoms with Crippen LogP contribution in [-0.2, 0) is 13.2 Å². The second-order valence-corrected chi connectivity index (χ2v) is 4.16. The van der Waals surface area contributed by atoms with Crippen molar-refractivity contribution in [3.63, 3.8) is 0 Å². The topological polar surface area (TPSA) is 58.3 Å². The van der Waals surface area contributed by atoms with Crippen LogP contribution in [-0.4, -0.2) is 10.3 Å². The van der Waals surface area contributed by atoms with Crippen LogP contribution in [0.5, 0.6) is 0 Å². The van der Waals surface area contributed by atoms with Crippen molar-refractivity contribution in [3.8, 4) is 0 Å². The van der Waals surface area contributed by atoms with E-state index in [-0.39, 0.29) is 6.61 Å². The number of rotatable bonds is 4. The maximum absolute atomic E-state index is 9.04. The van der Waals surface area contributed by atoms with Gasteiger partial charge in [0.25, 0.3) is 0 Å². The zero-order valence-corrected chi connectivity index (χ0v) is 10.2. The zero-order valence-electron chi connectivity index (χ0n) is 9.40. The molecule has 5 heteroatoms. The van der Waals surface area contributed by atoms with Crippen LogP contribution < -0.4 is 5.32 Å². The van der Waals surface area contributed by atoms with Crippen molar-refractivity contribution in [1.29, 1.82) is 0 Å². The lowest BCUT2D eigenvalue weighted by Crippen LogP contribution is -2.00. The molecule has 17 heavy (non-hydrogen) atoms. The molecule has 0 atom stereocenters. The van der Waals surface area contributed by atoms with Crippen molar-refractivity contribution in [2.75, 3.05) is 5.32 Å². The highest BCUT2D eigenvalue weighted by Gasteiger charge is 2.04. The van der Waals surface area contributed by atoms with Gasteiger partial charge < -0.3 is 14.9 Å². The molecular weight excluding hydrogens is 240 g/mol. The molecule has 1 aromatic heterocycles. The molecule has 0 aliphatic carbocycles. The molecule has 0 saturated carbocycles. The fraction of sp³-hybridized carbons (Fsp3) is 0.250. The van der Waals surface area contributed by atoms with Crippen LogP contribution in [0.2, 0.25) is 5.02 Å². The summed E-state index contributed by atoms with van der Waals surface area (Å²) in [6.07, 6.45) is 0. The third-order valence-electron chi connectivity index (χ3n) is 2.35. The molecule has 2 N–H and O–H groups in total. The molecule has 1 aromatic carbocycles. The maximum Gasteiger partial charge on any atom is 0.133 e. The van der Waals surface area contributed by atoms with Crippen LogP contribution in [0.4, 0.5) is 5.69 Å². The van der Waals surface area contributed by atoms with Crippen LogP contribution in [0.15, 0.2) is 28.8 Å². The molecule has 4 nitrogen and oxygen atoms in total. The van der Waals surface area contributed by atoms with Gasteiger partial charge in [-0.3, -0.25) is 0 Å². The van der Waals surface area contributed by atoms with Crippen LogP contribution in [0.3, 0.4) is 0 Å². The lowest BCUT2D eigenvalue weighted by molar-refractivity contribution is 0.282. The number of aliphatic hydroxyl groups excluding tert-OH is 1. The summed E-state index contributed by atoms with van der Waals surface area (Å²) >= 11 is 6.04. The quantitative estimate of drug-likeness (QED) is 0.879. The van der Waals surface area contributed by atoms with E-state index >= 15 is 0 Å². The predicted molar refractivity (Wildman–Crippen MR) is 65.9 cm³/mol. The highest BCUT2D eigenvalue weighted by Crippen LogP contribution is 2.23. The molecule has 0 bridgehead atoms. The van der Waals surface area contributed by atoms with Crippen molar-refractivity contribution in [2.24, 2.45) is 0 Å². The second kappa shape index (κ2) is 5.21.